The van der Waals surface area contributed by atoms with Gasteiger partial charge >= 0.3 is 0 Å². The molecule has 1 aromatic carbocycles. The molecule has 2 rings (SSSR count). The van der Waals surface area contributed by atoms with Crippen molar-refractivity contribution < 1.29 is 18.3 Å². The molecule has 116 valence electrons. The van der Waals surface area contributed by atoms with Crippen LogP contribution in [0.3, 0.4) is 0 Å². The molecule has 1 aliphatic heterocycles. The van der Waals surface area contributed by atoms with E-state index in [2.05, 4.69) is 26.6 Å². The van der Waals surface area contributed by atoms with Gasteiger partial charge in [0.2, 0.25) is 5.91 Å². The normalized spacial score (nSPS) is 17.5. The van der Waals surface area contributed by atoms with E-state index < -0.39 is 17.0 Å². The van der Waals surface area contributed by atoms with Gasteiger partial charge in [-0.05, 0) is 47.9 Å². The molecule has 1 fully saturated rings. The Balaban J connectivity index is 2.23. The van der Waals surface area contributed by atoms with Gasteiger partial charge in [0.05, 0.1) is 17.7 Å². The maximum absolute atomic E-state index is 13.8. The van der Waals surface area contributed by atoms with E-state index in [9.17, 15) is 13.6 Å². The highest BCUT2D eigenvalue weighted by atomic mass is 79.9. The van der Waals surface area contributed by atoms with Crippen molar-refractivity contribution in [3.8, 4) is 0 Å². The fourth-order valence-corrected chi connectivity index (χ4v) is 3.03. The summed E-state index contributed by atoms with van der Waals surface area (Å²) >= 11 is 3.07. The third-order valence-electron chi connectivity index (χ3n) is 3.71. The van der Waals surface area contributed by atoms with E-state index in [0.717, 1.165) is 12.1 Å². The molecule has 0 unspecified atom stereocenters. The lowest BCUT2D eigenvalue weighted by atomic mass is 9.78. The quantitative estimate of drug-likeness (QED) is 0.865. The number of halogens is 3. The lowest BCUT2D eigenvalue weighted by Gasteiger charge is -2.35. The smallest absolute Gasteiger partial charge is 0.233 e. The lowest BCUT2D eigenvalue weighted by molar-refractivity contribution is -0.130. The van der Waals surface area contributed by atoms with Crippen molar-refractivity contribution in [1.29, 1.82) is 0 Å². The highest BCUT2D eigenvalue weighted by molar-refractivity contribution is 9.10. The van der Waals surface area contributed by atoms with Crippen molar-refractivity contribution in [2.24, 2.45) is 5.41 Å². The Morgan fingerprint density at radius 3 is 2.67 bits per heavy atom. The van der Waals surface area contributed by atoms with Gasteiger partial charge in [0.1, 0.15) is 5.82 Å². The van der Waals surface area contributed by atoms with Crippen LogP contribution in [0.25, 0.3) is 0 Å². The summed E-state index contributed by atoms with van der Waals surface area (Å²) in [4.78, 5) is 12.6. The summed E-state index contributed by atoms with van der Waals surface area (Å²) in [5.41, 5.74) is -0.740. The number of piperidine rings is 1. The fraction of sp³-hybridized carbons (Fsp3) is 0.500. The molecule has 2 N–H and O–H groups in total. The minimum atomic E-state index is -0.809. The Kier molecular flexibility index (Phi) is 5.29. The van der Waals surface area contributed by atoms with E-state index in [1.54, 1.807) is 0 Å². The molecule has 1 amide bonds. The van der Waals surface area contributed by atoms with E-state index in [-0.39, 0.29) is 22.7 Å². The molecule has 0 saturated carbocycles. The number of methoxy groups -OCH3 is 1. The van der Waals surface area contributed by atoms with Crippen LogP contribution in [0.5, 0.6) is 0 Å². The van der Waals surface area contributed by atoms with Gasteiger partial charge in [0.25, 0.3) is 0 Å². The zero-order chi connectivity index (χ0) is 15.5. The molecule has 1 aliphatic rings. The van der Waals surface area contributed by atoms with Crippen molar-refractivity contribution in [1.82, 2.24) is 5.32 Å². The first-order valence-corrected chi connectivity index (χ1v) is 7.43. The van der Waals surface area contributed by atoms with Crippen LogP contribution in [0.2, 0.25) is 0 Å². The molecule has 0 radical (unpaired) electrons. The summed E-state index contributed by atoms with van der Waals surface area (Å²) < 4.78 is 32.3. The number of nitrogens with one attached hydrogen (secondary N) is 2. The predicted molar refractivity (Wildman–Crippen MR) is 79.1 cm³/mol. The maximum atomic E-state index is 13.8. The van der Waals surface area contributed by atoms with Crippen LogP contribution in [0, 0.1) is 17.0 Å². The number of hydrogen-bond acceptors (Lipinski definition) is 3. The van der Waals surface area contributed by atoms with Gasteiger partial charge in [-0.25, -0.2) is 8.78 Å². The van der Waals surface area contributed by atoms with Crippen LogP contribution in [-0.4, -0.2) is 32.7 Å². The minimum Gasteiger partial charge on any atom is -0.384 e. The molecular weight excluding hydrogens is 346 g/mol. The molecule has 0 atom stereocenters. The van der Waals surface area contributed by atoms with Gasteiger partial charge in [-0.3, -0.25) is 4.79 Å². The van der Waals surface area contributed by atoms with Crippen LogP contribution in [0.1, 0.15) is 12.8 Å². The van der Waals surface area contributed by atoms with E-state index in [0.29, 0.717) is 25.9 Å². The summed E-state index contributed by atoms with van der Waals surface area (Å²) in [6, 6.07) is 1.86. The first kappa shape index (κ1) is 16.3. The van der Waals surface area contributed by atoms with E-state index in [1.165, 1.54) is 7.11 Å². The monoisotopic (exact) mass is 362 g/mol. The summed E-state index contributed by atoms with van der Waals surface area (Å²) in [7, 11) is 1.53. The van der Waals surface area contributed by atoms with Crippen LogP contribution < -0.4 is 10.6 Å². The van der Waals surface area contributed by atoms with Gasteiger partial charge in [-0.15, -0.1) is 0 Å². The summed E-state index contributed by atoms with van der Waals surface area (Å²) in [5, 5.41) is 5.74. The number of carbonyl (C=O) groups is 1. The number of anilines is 1. The molecule has 1 saturated heterocycles. The topological polar surface area (TPSA) is 50.4 Å². The standard InChI is InChI=1S/C14H17BrF2N2O2/c1-21-8-14(2-4-18-5-3-14)13(20)19-12-10(15)6-9(16)7-11(12)17/h6-7,18H,2-5,8H2,1H3,(H,19,20). The zero-order valence-electron chi connectivity index (χ0n) is 11.6. The second kappa shape index (κ2) is 6.81. The Morgan fingerprint density at radius 1 is 1.43 bits per heavy atom. The number of benzene rings is 1. The van der Waals surface area contributed by atoms with Crippen molar-refractivity contribution in [2.75, 3.05) is 32.1 Å². The van der Waals surface area contributed by atoms with Gasteiger partial charge in [0, 0.05) is 17.6 Å². The molecule has 0 aromatic heterocycles. The Hall–Kier alpha value is -1.05. The minimum absolute atomic E-state index is 0.0459. The molecule has 0 aliphatic carbocycles. The van der Waals surface area contributed by atoms with E-state index in [4.69, 9.17) is 4.74 Å². The van der Waals surface area contributed by atoms with Gasteiger partial charge < -0.3 is 15.4 Å². The first-order valence-electron chi connectivity index (χ1n) is 6.64. The van der Waals surface area contributed by atoms with E-state index in [1.807, 2.05) is 0 Å². The molecule has 1 heterocycles. The number of amides is 1. The third-order valence-corrected chi connectivity index (χ3v) is 4.33. The van der Waals surface area contributed by atoms with Crippen LogP contribution in [0.15, 0.2) is 16.6 Å². The zero-order valence-corrected chi connectivity index (χ0v) is 13.2. The number of ether oxygens (including phenoxy) is 1. The number of rotatable bonds is 4. The average Bonchev–Trinajstić information content (AvgIpc) is 2.44. The Morgan fingerprint density at radius 2 is 2.10 bits per heavy atom. The average molecular weight is 363 g/mol. The largest absolute Gasteiger partial charge is 0.384 e. The molecule has 1 aromatic rings. The van der Waals surface area contributed by atoms with Crippen LogP contribution >= 0.6 is 15.9 Å². The van der Waals surface area contributed by atoms with Crippen molar-refractivity contribution in [3.05, 3.63) is 28.2 Å². The maximum Gasteiger partial charge on any atom is 0.233 e. The summed E-state index contributed by atoms with van der Waals surface area (Å²) in [5.74, 6) is -1.82. The summed E-state index contributed by atoms with van der Waals surface area (Å²) in [6.45, 7) is 1.66. The lowest BCUT2D eigenvalue weighted by Crippen LogP contribution is -2.47. The fourth-order valence-electron chi connectivity index (χ4n) is 2.53. The Bertz CT molecular complexity index is 505. The highest BCUT2D eigenvalue weighted by Crippen LogP contribution is 2.33. The summed E-state index contributed by atoms with van der Waals surface area (Å²) in [6.07, 6.45) is 1.21. The van der Waals surface area contributed by atoms with Gasteiger partial charge in [-0.2, -0.15) is 0 Å². The van der Waals surface area contributed by atoms with Crippen LogP contribution in [-0.2, 0) is 9.53 Å². The van der Waals surface area contributed by atoms with Crippen molar-refractivity contribution in [2.45, 2.75) is 12.8 Å². The molecule has 4 nitrogen and oxygen atoms in total. The number of carbonyl (C=O) groups excluding carboxylic acids is 1. The van der Waals surface area contributed by atoms with Gasteiger partial charge in [0.15, 0.2) is 5.82 Å². The Labute approximate surface area is 130 Å². The highest BCUT2D eigenvalue weighted by Gasteiger charge is 2.40. The third kappa shape index (κ3) is 3.59. The van der Waals surface area contributed by atoms with Crippen molar-refractivity contribution in [3.63, 3.8) is 0 Å². The predicted octanol–water partition coefficient (Wildman–Crippen LogP) is 2.68. The molecule has 21 heavy (non-hydrogen) atoms. The SMILES string of the molecule is COCC1(C(=O)Nc2c(F)cc(F)cc2Br)CCNCC1. The molecule has 0 spiro atoms. The number of hydrogen-bond donors (Lipinski definition) is 2. The van der Waals surface area contributed by atoms with E-state index >= 15 is 0 Å². The first-order chi connectivity index (χ1) is 9.98. The molecular formula is C14H17BrF2N2O2. The second-order valence-electron chi connectivity index (χ2n) is 5.16. The van der Waals surface area contributed by atoms with Gasteiger partial charge in [-0.1, -0.05) is 0 Å². The second-order valence-corrected chi connectivity index (χ2v) is 6.02. The molecule has 0 bridgehead atoms. The van der Waals surface area contributed by atoms with Crippen molar-refractivity contribution >= 4 is 27.5 Å². The molecule has 7 heteroatoms. The van der Waals surface area contributed by atoms with Crippen LogP contribution in [0.4, 0.5) is 14.5 Å².